The SMILES string of the molecule is CC(=O)Nc1c(Cl)cc(CN/C(=N/C(=O)C2CCCN2c2ccccc2)NC(=O)O)cc1Cl. The molecule has 3 amide bonds. The molecule has 0 saturated carbocycles. The van der Waals surface area contributed by atoms with Crippen molar-refractivity contribution in [3.63, 3.8) is 0 Å². The van der Waals surface area contributed by atoms with Crippen LogP contribution in [-0.2, 0) is 16.1 Å². The third-order valence-electron chi connectivity index (χ3n) is 4.94. The van der Waals surface area contributed by atoms with Gasteiger partial charge in [0.1, 0.15) is 6.04 Å². The van der Waals surface area contributed by atoms with Gasteiger partial charge in [-0.1, -0.05) is 41.4 Å². The molecule has 2 aromatic rings. The summed E-state index contributed by atoms with van der Waals surface area (Å²) in [5.41, 5.74) is 1.79. The average molecular weight is 492 g/mol. The van der Waals surface area contributed by atoms with Gasteiger partial charge in [-0.25, -0.2) is 4.79 Å². The Morgan fingerprint density at radius 1 is 1.15 bits per heavy atom. The first-order chi connectivity index (χ1) is 15.7. The third-order valence-corrected chi connectivity index (χ3v) is 5.53. The summed E-state index contributed by atoms with van der Waals surface area (Å²) in [4.78, 5) is 41.4. The number of benzene rings is 2. The van der Waals surface area contributed by atoms with E-state index < -0.39 is 18.0 Å². The molecular formula is C22H23Cl2N5O4. The Bertz CT molecular complexity index is 1050. The lowest BCUT2D eigenvalue weighted by Gasteiger charge is -2.24. The molecule has 9 nitrogen and oxygen atoms in total. The molecule has 1 aliphatic heterocycles. The number of carbonyl (C=O) groups excluding carboxylic acids is 2. The van der Waals surface area contributed by atoms with Crippen molar-refractivity contribution in [3.8, 4) is 0 Å². The highest BCUT2D eigenvalue weighted by Crippen LogP contribution is 2.32. The molecular weight excluding hydrogens is 469 g/mol. The Hall–Kier alpha value is -3.30. The molecule has 33 heavy (non-hydrogen) atoms. The number of amides is 3. The van der Waals surface area contributed by atoms with Crippen molar-refractivity contribution in [2.24, 2.45) is 4.99 Å². The summed E-state index contributed by atoms with van der Waals surface area (Å²) in [5, 5.41) is 17.1. The van der Waals surface area contributed by atoms with Gasteiger partial charge in [0.15, 0.2) is 0 Å². The molecule has 0 aromatic heterocycles. The third kappa shape index (κ3) is 6.59. The van der Waals surface area contributed by atoms with Gasteiger partial charge in [0.25, 0.3) is 5.91 Å². The van der Waals surface area contributed by atoms with Gasteiger partial charge in [-0.05, 0) is 42.7 Å². The Balaban J connectivity index is 1.75. The van der Waals surface area contributed by atoms with Crippen molar-refractivity contribution < 1.29 is 19.5 Å². The van der Waals surface area contributed by atoms with E-state index in [1.165, 1.54) is 6.92 Å². The molecule has 1 atom stereocenters. The zero-order chi connectivity index (χ0) is 24.0. The van der Waals surface area contributed by atoms with Crippen LogP contribution in [0.3, 0.4) is 0 Å². The van der Waals surface area contributed by atoms with Gasteiger partial charge < -0.3 is 20.6 Å². The molecule has 1 unspecified atom stereocenters. The van der Waals surface area contributed by atoms with Crippen molar-refractivity contribution in [1.82, 2.24) is 10.6 Å². The summed E-state index contributed by atoms with van der Waals surface area (Å²) in [5.74, 6) is -0.977. The molecule has 1 fully saturated rings. The molecule has 0 spiro atoms. The lowest BCUT2D eigenvalue weighted by molar-refractivity contribution is -0.119. The van der Waals surface area contributed by atoms with E-state index in [4.69, 9.17) is 28.3 Å². The Kier molecular flexibility index (Phi) is 8.13. The molecule has 1 saturated heterocycles. The second kappa shape index (κ2) is 11.0. The number of carbonyl (C=O) groups is 3. The predicted molar refractivity (Wildman–Crippen MR) is 128 cm³/mol. The Morgan fingerprint density at radius 3 is 2.42 bits per heavy atom. The highest BCUT2D eigenvalue weighted by atomic mass is 35.5. The maximum absolute atomic E-state index is 12.9. The zero-order valence-electron chi connectivity index (χ0n) is 17.8. The molecule has 0 radical (unpaired) electrons. The van der Waals surface area contributed by atoms with Crippen molar-refractivity contribution in [2.75, 3.05) is 16.8 Å². The fraction of sp³-hybridized carbons (Fsp3) is 0.273. The summed E-state index contributed by atoms with van der Waals surface area (Å²) in [6.45, 7) is 2.13. The van der Waals surface area contributed by atoms with E-state index in [1.807, 2.05) is 35.2 Å². The molecule has 1 aliphatic rings. The average Bonchev–Trinajstić information content (AvgIpc) is 3.25. The van der Waals surface area contributed by atoms with Gasteiger partial charge in [0.05, 0.1) is 15.7 Å². The smallest absolute Gasteiger partial charge is 0.411 e. The number of rotatable bonds is 5. The van der Waals surface area contributed by atoms with Gasteiger partial charge in [0.2, 0.25) is 11.9 Å². The van der Waals surface area contributed by atoms with Gasteiger partial charge in [-0.2, -0.15) is 4.99 Å². The number of halogens is 2. The number of hydrogen-bond donors (Lipinski definition) is 4. The van der Waals surface area contributed by atoms with E-state index in [9.17, 15) is 14.4 Å². The van der Waals surface area contributed by atoms with Crippen LogP contribution >= 0.6 is 23.2 Å². The van der Waals surface area contributed by atoms with Gasteiger partial charge in [0, 0.05) is 25.7 Å². The monoisotopic (exact) mass is 491 g/mol. The van der Waals surface area contributed by atoms with Crippen LogP contribution in [0.4, 0.5) is 16.2 Å². The van der Waals surface area contributed by atoms with Crippen LogP contribution in [0.15, 0.2) is 47.5 Å². The number of guanidine groups is 1. The Labute approximate surface area is 200 Å². The van der Waals surface area contributed by atoms with Crippen LogP contribution < -0.4 is 20.9 Å². The topological polar surface area (TPSA) is 123 Å². The van der Waals surface area contributed by atoms with Crippen LogP contribution in [0.25, 0.3) is 0 Å². The summed E-state index contributed by atoms with van der Waals surface area (Å²) >= 11 is 12.4. The number of para-hydroxylation sites is 1. The van der Waals surface area contributed by atoms with E-state index in [0.29, 0.717) is 18.5 Å². The minimum Gasteiger partial charge on any atom is -0.465 e. The molecule has 174 valence electrons. The highest BCUT2D eigenvalue weighted by Gasteiger charge is 2.31. The number of anilines is 2. The highest BCUT2D eigenvalue weighted by molar-refractivity contribution is 6.39. The molecule has 4 N–H and O–H groups in total. The summed E-state index contributed by atoms with van der Waals surface area (Å²) < 4.78 is 0. The van der Waals surface area contributed by atoms with E-state index in [0.717, 1.165) is 12.1 Å². The first kappa shape index (κ1) is 24.3. The van der Waals surface area contributed by atoms with E-state index in [2.05, 4.69) is 20.9 Å². The number of hydrogen-bond acceptors (Lipinski definition) is 4. The van der Waals surface area contributed by atoms with Crippen molar-refractivity contribution in [2.45, 2.75) is 32.4 Å². The number of aliphatic imine (C=N–C) groups is 1. The first-order valence-electron chi connectivity index (χ1n) is 10.2. The summed E-state index contributed by atoms with van der Waals surface area (Å²) in [7, 11) is 0. The first-order valence-corrected chi connectivity index (χ1v) is 10.9. The largest absolute Gasteiger partial charge is 0.465 e. The fourth-order valence-electron chi connectivity index (χ4n) is 3.56. The van der Waals surface area contributed by atoms with Crippen LogP contribution in [0, 0.1) is 0 Å². The zero-order valence-corrected chi connectivity index (χ0v) is 19.3. The summed E-state index contributed by atoms with van der Waals surface area (Å²) in [6, 6.07) is 12.2. The van der Waals surface area contributed by atoms with Gasteiger partial charge >= 0.3 is 6.09 Å². The maximum Gasteiger partial charge on any atom is 0.411 e. The molecule has 3 rings (SSSR count). The Morgan fingerprint density at radius 2 is 1.82 bits per heavy atom. The van der Waals surface area contributed by atoms with Crippen LogP contribution in [0.1, 0.15) is 25.3 Å². The van der Waals surface area contributed by atoms with Crippen molar-refractivity contribution in [1.29, 1.82) is 0 Å². The van der Waals surface area contributed by atoms with Gasteiger partial charge in [-0.15, -0.1) is 0 Å². The quantitative estimate of drug-likeness (QED) is 0.371. The molecule has 0 aliphatic carbocycles. The lowest BCUT2D eigenvalue weighted by atomic mass is 10.2. The second-order valence-corrected chi connectivity index (χ2v) is 8.20. The molecule has 1 heterocycles. The number of nitrogens with zero attached hydrogens (tertiary/aromatic N) is 2. The number of nitrogens with one attached hydrogen (secondary N) is 3. The van der Waals surface area contributed by atoms with Crippen LogP contribution in [-0.4, -0.2) is 41.6 Å². The minimum absolute atomic E-state index is 0.0826. The molecule has 0 bridgehead atoms. The van der Waals surface area contributed by atoms with Crippen LogP contribution in [0.5, 0.6) is 0 Å². The molecule has 11 heteroatoms. The van der Waals surface area contributed by atoms with Crippen molar-refractivity contribution in [3.05, 3.63) is 58.1 Å². The van der Waals surface area contributed by atoms with Gasteiger partial charge in [-0.3, -0.25) is 14.9 Å². The second-order valence-electron chi connectivity index (χ2n) is 7.38. The number of carboxylic acid groups (broad SMARTS) is 1. The van der Waals surface area contributed by atoms with Crippen molar-refractivity contribution >= 4 is 58.4 Å². The lowest BCUT2D eigenvalue weighted by Crippen LogP contribution is -2.43. The van der Waals surface area contributed by atoms with E-state index in [1.54, 1.807) is 12.1 Å². The maximum atomic E-state index is 12.9. The van der Waals surface area contributed by atoms with Crippen LogP contribution in [0.2, 0.25) is 10.0 Å². The predicted octanol–water partition coefficient (Wildman–Crippen LogP) is 3.86. The normalized spacial score (nSPS) is 15.8. The summed E-state index contributed by atoms with van der Waals surface area (Å²) in [6.07, 6.45) is 0.0820. The standard InChI is InChI=1S/C22H23Cl2N5O4/c1-13(30)26-19-16(23)10-14(11-17(19)24)12-25-21(28-22(32)33)27-20(31)18-8-5-9-29(18)15-6-3-2-4-7-15/h2-4,6-7,10-11,18H,5,8-9,12H2,1H3,(H,26,30)(H,32,33)(H2,25,27,28,31). The van der Waals surface area contributed by atoms with E-state index in [-0.39, 0.29) is 34.1 Å². The fourth-order valence-corrected chi connectivity index (χ4v) is 4.19. The van der Waals surface area contributed by atoms with E-state index >= 15 is 0 Å². The molecule has 2 aromatic carbocycles. The minimum atomic E-state index is -1.36.